The van der Waals surface area contributed by atoms with Gasteiger partial charge in [-0.15, -0.1) is 0 Å². The van der Waals surface area contributed by atoms with E-state index in [0.29, 0.717) is 12.1 Å². The lowest BCUT2D eigenvalue weighted by molar-refractivity contribution is -0.133. The second-order valence-electron chi connectivity index (χ2n) is 2.80. The molecule has 1 aliphatic rings. The first-order valence-corrected chi connectivity index (χ1v) is 4.04. The van der Waals surface area contributed by atoms with E-state index in [-0.39, 0.29) is 5.97 Å². The van der Waals surface area contributed by atoms with E-state index in [0.717, 1.165) is 10.6 Å². The van der Waals surface area contributed by atoms with E-state index in [2.05, 4.69) is 9.73 Å². The van der Waals surface area contributed by atoms with Crippen molar-refractivity contribution >= 4 is 11.5 Å². The lowest BCUT2D eigenvalue weighted by atomic mass is 10.2. The molecule has 0 saturated heterocycles. The van der Waals surface area contributed by atoms with Crippen LogP contribution < -0.4 is 10.6 Å². The number of fused-ring (bicyclic) bond motifs is 1. The minimum absolute atomic E-state index is 0.284. The zero-order valence-corrected chi connectivity index (χ0v) is 7.28. The second-order valence-corrected chi connectivity index (χ2v) is 2.80. The number of ether oxygens (including phenoxy) is 1. The third-order valence-electron chi connectivity index (χ3n) is 2.07. The van der Waals surface area contributed by atoms with Gasteiger partial charge in [0.2, 0.25) is 0 Å². The zero-order valence-electron chi connectivity index (χ0n) is 7.28. The Morgan fingerprint density at radius 3 is 3.00 bits per heavy atom. The molecular weight excluding hydrogens is 166 g/mol. The van der Waals surface area contributed by atoms with Crippen LogP contribution >= 0.6 is 0 Å². The van der Waals surface area contributed by atoms with Crippen molar-refractivity contribution in [3.8, 4) is 0 Å². The lowest BCUT2D eigenvalue weighted by Gasteiger charge is -1.96. The third-order valence-corrected chi connectivity index (χ3v) is 2.07. The highest BCUT2D eigenvalue weighted by Gasteiger charge is 2.14. The van der Waals surface area contributed by atoms with Gasteiger partial charge in [-0.25, -0.2) is 4.79 Å². The summed E-state index contributed by atoms with van der Waals surface area (Å²) >= 11 is 0. The van der Waals surface area contributed by atoms with Gasteiger partial charge in [0, 0.05) is 5.22 Å². The number of methoxy groups -OCH3 is 1. The van der Waals surface area contributed by atoms with Gasteiger partial charge in [0.15, 0.2) is 0 Å². The molecular formula is C10H9NO2. The van der Waals surface area contributed by atoms with Gasteiger partial charge in [-0.2, -0.15) is 0 Å². The molecule has 0 aliphatic carbocycles. The summed E-state index contributed by atoms with van der Waals surface area (Å²) in [4.78, 5) is 15.5. The smallest absolute Gasteiger partial charge is 0.336 e. The molecule has 1 aromatic rings. The number of rotatable bonds is 1. The average Bonchev–Trinajstić information content (AvgIpc) is 2.60. The molecule has 13 heavy (non-hydrogen) atoms. The van der Waals surface area contributed by atoms with Gasteiger partial charge < -0.3 is 4.74 Å². The molecule has 0 unspecified atom stereocenters. The Bertz CT molecular complexity index is 462. The number of benzene rings is 1. The Morgan fingerprint density at radius 1 is 1.46 bits per heavy atom. The van der Waals surface area contributed by atoms with Crippen LogP contribution in [0.3, 0.4) is 0 Å². The molecule has 1 aliphatic heterocycles. The van der Waals surface area contributed by atoms with Crippen molar-refractivity contribution in [3.63, 3.8) is 0 Å². The molecule has 0 spiro atoms. The summed E-state index contributed by atoms with van der Waals surface area (Å²) in [6, 6.07) is 7.58. The molecule has 1 heterocycles. The highest BCUT2D eigenvalue weighted by molar-refractivity contribution is 6.10. The van der Waals surface area contributed by atoms with Crippen LogP contribution in [0.2, 0.25) is 0 Å². The normalized spacial score (nSPS) is 13.5. The minimum Gasteiger partial charge on any atom is -0.466 e. The van der Waals surface area contributed by atoms with Gasteiger partial charge in [0.25, 0.3) is 0 Å². The van der Waals surface area contributed by atoms with E-state index in [1.165, 1.54) is 7.11 Å². The van der Waals surface area contributed by atoms with Crippen LogP contribution in [-0.2, 0) is 9.53 Å². The highest BCUT2D eigenvalue weighted by atomic mass is 16.5. The summed E-state index contributed by atoms with van der Waals surface area (Å²) in [6.45, 7) is 0.437. The summed E-state index contributed by atoms with van der Waals surface area (Å²) in [5.74, 6) is -0.284. The molecule has 0 bridgehead atoms. The van der Waals surface area contributed by atoms with E-state index in [9.17, 15) is 4.79 Å². The molecule has 3 heteroatoms. The van der Waals surface area contributed by atoms with Crippen molar-refractivity contribution in [1.82, 2.24) is 0 Å². The maximum atomic E-state index is 11.3. The number of carbonyl (C=O) groups is 1. The second kappa shape index (κ2) is 3.01. The predicted molar refractivity (Wildman–Crippen MR) is 47.5 cm³/mol. The topological polar surface area (TPSA) is 38.7 Å². The van der Waals surface area contributed by atoms with Crippen LogP contribution in [0.4, 0.5) is 0 Å². The molecule has 0 N–H and O–H groups in total. The first-order chi connectivity index (χ1) is 6.33. The largest absolute Gasteiger partial charge is 0.466 e. The first kappa shape index (κ1) is 7.98. The molecule has 66 valence electrons. The molecule has 3 nitrogen and oxygen atoms in total. The standard InChI is InChI=1S/C10H9NO2/c1-13-10(12)8-6-11-9-5-3-2-4-7(8)9/h2-5H,6H2,1H3. The number of hydrogen-bond acceptors (Lipinski definition) is 3. The first-order valence-electron chi connectivity index (χ1n) is 4.04. The average molecular weight is 175 g/mol. The van der Waals surface area contributed by atoms with E-state index in [1.54, 1.807) is 0 Å². The lowest BCUT2D eigenvalue weighted by Crippen LogP contribution is -2.24. The zero-order chi connectivity index (χ0) is 9.26. The van der Waals surface area contributed by atoms with Crippen molar-refractivity contribution in [2.45, 2.75) is 0 Å². The van der Waals surface area contributed by atoms with Crippen molar-refractivity contribution < 1.29 is 9.53 Å². The molecule has 0 amide bonds. The van der Waals surface area contributed by atoms with Crippen LogP contribution in [0.15, 0.2) is 29.3 Å². The Morgan fingerprint density at radius 2 is 2.23 bits per heavy atom. The summed E-state index contributed by atoms with van der Waals surface area (Å²) in [5, 5.41) is 1.78. The summed E-state index contributed by atoms with van der Waals surface area (Å²) in [6.07, 6.45) is 0. The van der Waals surface area contributed by atoms with Gasteiger partial charge in [-0.1, -0.05) is 18.2 Å². The minimum atomic E-state index is -0.284. The highest BCUT2D eigenvalue weighted by Crippen LogP contribution is 1.99. The van der Waals surface area contributed by atoms with Crippen molar-refractivity contribution in [1.29, 1.82) is 0 Å². The van der Waals surface area contributed by atoms with Gasteiger partial charge in [-0.3, -0.25) is 4.99 Å². The van der Waals surface area contributed by atoms with Gasteiger partial charge in [0.05, 0.1) is 24.6 Å². The van der Waals surface area contributed by atoms with Crippen LogP contribution in [0.1, 0.15) is 0 Å². The predicted octanol–water partition coefficient (Wildman–Crippen LogP) is -0.357. The van der Waals surface area contributed by atoms with E-state index in [4.69, 9.17) is 0 Å². The Balaban J connectivity index is 2.67. The summed E-state index contributed by atoms with van der Waals surface area (Å²) < 4.78 is 4.66. The Labute approximate surface area is 75.4 Å². The number of esters is 1. The fourth-order valence-electron chi connectivity index (χ4n) is 1.41. The van der Waals surface area contributed by atoms with Crippen LogP contribution in [-0.4, -0.2) is 19.6 Å². The fraction of sp³-hybridized carbons (Fsp3) is 0.200. The Kier molecular flexibility index (Phi) is 1.85. The van der Waals surface area contributed by atoms with Gasteiger partial charge in [-0.05, 0) is 6.07 Å². The third kappa shape index (κ3) is 1.22. The Hall–Kier alpha value is -1.64. The molecule has 1 aromatic carbocycles. The maximum absolute atomic E-state index is 11.3. The number of nitrogens with zero attached hydrogens (tertiary/aromatic N) is 1. The number of hydrogen-bond donors (Lipinski definition) is 0. The monoisotopic (exact) mass is 175 g/mol. The van der Waals surface area contributed by atoms with Crippen molar-refractivity contribution in [2.75, 3.05) is 13.7 Å². The molecule has 0 radical (unpaired) electrons. The van der Waals surface area contributed by atoms with Gasteiger partial charge >= 0.3 is 5.97 Å². The number of carbonyl (C=O) groups excluding carboxylic acids is 1. The van der Waals surface area contributed by atoms with Crippen LogP contribution in [0, 0.1) is 0 Å². The summed E-state index contributed by atoms with van der Waals surface area (Å²) in [7, 11) is 1.39. The van der Waals surface area contributed by atoms with E-state index < -0.39 is 0 Å². The van der Waals surface area contributed by atoms with Crippen molar-refractivity contribution in [3.05, 3.63) is 34.8 Å². The van der Waals surface area contributed by atoms with E-state index >= 15 is 0 Å². The SMILES string of the molecule is COC(=O)C1=c2ccccc2=NC1. The van der Waals surface area contributed by atoms with Crippen LogP contribution in [0.5, 0.6) is 0 Å². The molecule has 0 aromatic heterocycles. The maximum Gasteiger partial charge on any atom is 0.336 e. The van der Waals surface area contributed by atoms with Gasteiger partial charge in [0.1, 0.15) is 0 Å². The van der Waals surface area contributed by atoms with E-state index in [1.807, 2.05) is 24.3 Å². The molecule has 2 rings (SSSR count). The number of para-hydroxylation sites is 1. The van der Waals surface area contributed by atoms with Crippen LogP contribution in [0.25, 0.3) is 5.57 Å². The summed E-state index contributed by atoms with van der Waals surface area (Å²) in [5.41, 5.74) is 0.651. The molecule has 0 fully saturated rings. The molecule has 0 atom stereocenters. The van der Waals surface area contributed by atoms with Crippen molar-refractivity contribution in [2.24, 2.45) is 4.99 Å². The quantitative estimate of drug-likeness (QED) is 0.547. The fourth-order valence-corrected chi connectivity index (χ4v) is 1.41. The molecule has 0 saturated carbocycles.